The highest BCUT2D eigenvalue weighted by Crippen LogP contribution is 2.26. The third kappa shape index (κ3) is 5.44. The molecule has 0 spiro atoms. The number of hydrogen-bond acceptors (Lipinski definition) is 4. The molecule has 0 saturated carbocycles. The first-order valence-corrected chi connectivity index (χ1v) is 8.83. The van der Waals surface area contributed by atoms with Crippen molar-refractivity contribution in [3.05, 3.63) is 28.2 Å². The Morgan fingerprint density at radius 1 is 1.30 bits per heavy atom. The van der Waals surface area contributed by atoms with Crippen molar-refractivity contribution in [2.24, 2.45) is 0 Å². The summed E-state index contributed by atoms with van der Waals surface area (Å²) in [6, 6.07) is 5.22. The van der Waals surface area contributed by atoms with Crippen molar-refractivity contribution in [3.8, 4) is 5.75 Å². The van der Waals surface area contributed by atoms with E-state index < -0.39 is 0 Å². The van der Waals surface area contributed by atoms with E-state index in [4.69, 9.17) is 21.7 Å². The number of benzene rings is 1. The molecule has 0 aromatic heterocycles. The van der Waals surface area contributed by atoms with Gasteiger partial charge < -0.3 is 14.4 Å². The third-order valence-electron chi connectivity index (χ3n) is 3.60. The van der Waals surface area contributed by atoms with Gasteiger partial charge in [0.1, 0.15) is 12.4 Å². The standard InChI is InChI=1S/C16H21BrN2O3S/c1-21-9-10-22-14-6-5-12(11-13(14)17)15(20)18-16(23)19-7-3-2-4-8-19/h5-6,11H,2-4,7-10H2,1H3,(H,18,20,23). The maximum Gasteiger partial charge on any atom is 0.257 e. The number of hydrogen-bond donors (Lipinski definition) is 1. The smallest absolute Gasteiger partial charge is 0.257 e. The highest BCUT2D eigenvalue weighted by atomic mass is 79.9. The lowest BCUT2D eigenvalue weighted by Crippen LogP contribution is -2.44. The van der Waals surface area contributed by atoms with Gasteiger partial charge in [-0.25, -0.2) is 0 Å². The molecule has 0 aliphatic carbocycles. The first-order valence-electron chi connectivity index (χ1n) is 7.63. The fourth-order valence-corrected chi connectivity index (χ4v) is 3.11. The topological polar surface area (TPSA) is 50.8 Å². The minimum absolute atomic E-state index is 0.204. The Labute approximate surface area is 150 Å². The van der Waals surface area contributed by atoms with Crippen LogP contribution in [0.15, 0.2) is 22.7 Å². The van der Waals surface area contributed by atoms with Crippen molar-refractivity contribution in [2.75, 3.05) is 33.4 Å². The molecule has 1 N–H and O–H groups in total. The number of ether oxygens (including phenoxy) is 2. The summed E-state index contributed by atoms with van der Waals surface area (Å²) in [5.74, 6) is 0.474. The lowest BCUT2D eigenvalue weighted by Gasteiger charge is -2.28. The van der Waals surface area contributed by atoms with Crippen molar-refractivity contribution in [1.82, 2.24) is 10.2 Å². The van der Waals surface area contributed by atoms with Crippen LogP contribution in [0.25, 0.3) is 0 Å². The second-order valence-corrected chi connectivity index (χ2v) is 6.53. The summed E-state index contributed by atoms with van der Waals surface area (Å²) in [7, 11) is 1.62. The van der Waals surface area contributed by atoms with Crippen LogP contribution in [0.1, 0.15) is 29.6 Å². The predicted molar refractivity (Wildman–Crippen MR) is 97.0 cm³/mol. The van der Waals surface area contributed by atoms with Crippen LogP contribution >= 0.6 is 28.1 Å². The molecule has 23 heavy (non-hydrogen) atoms. The molecule has 0 bridgehead atoms. The van der Waals surface area contributed by atoms with Crippen molar-refractivity contribution in [1.29, 1.82) is 0 Å². The molecule has 0 unspecified atom stereocenters. The summed E-state index contributed by atoms with van der Waals surface area (Å²) in [5, 5.41) is 3.31. The number of amides is 1. The molecule has 0 radical (unpaired) electrons. The van der Waals surface area contributed by atoms with Crippen molar-refractivity contribution in [3.63, 3.8) is 0 Å². The van der Waals surface area contributed by atoms with E-state index in [-0.39, 0.29) is 5.91 Å². The van der Waals surface area contributed by atoms with Gasteiger partial charge in [0.05, 0.1) is 11.1 Å². The minimum Gasteiger partial charge on any atom is -0.490 e. The van der Waals surface area contributed by atoms with Crippen molar-refractivity contribution < 1.29 is 14.3 Å². The van der Waals surface area contributed by atoms with Gasteiger partial charge in [0, 0.05) is 25.8 Å². The molecular weight excluding hydrogens is 380 g/mol. The van der Waals surface area contributed by atoms with Gasteiger partial charge in [-0.3, -0.25) is 10.1 Å². The van der Waals surface area contributed by atoms with Crippen molar-refractivity contribution >= 4 is 39.2 Å². The van der Waals surface area contributed by atoms with E-state index in [1.165, 1.54) is 6.42 Å². The molecule has 1 saturated heterocycles. The molecule has 1 aliphatic heterocycles. The van der Waals surface area contributed by atoms with E-state index in [0.29, 0.717) is 29.6 Å². The molecular formula is C16H21BrN2O3S. The van der Waals surface area contributed by atoms with Crippen LogP contribution < -0.4 is 10.1 Å². The van der Waals surface area contributed by atoms with Crippen LogP contribution in [0.3, 0.4) is 0 Å². The summed E-state index contributed by atoms with van der Waals surface area (Å²) >= 11 is 8.74. The van der Waals surface area contributed by atoms with Crippen LogP contribution in [0.4, 0.5) is 0 Å². The van der Waals surface area contributed by atoms with Gasteiger partial charge in [0.15, 0.2) is 5.11 Å². The summed E-state index contributed by atoms with van der Waals surface area (Å²) in [4.78, 5) is 14.4. The van der Waals surface area contributed by atoms with Crippen molar-refractivity contribution in [2.45, 2.75) is 19.3 Å². The number of piperidine rings is 1. The zero-order valence-electron chi connectivity index (χ0n) is 13.1. The lowest BCUT2D eigenvalue weighted by atomic mass is 10.1. The SMILES string of the molecule is COCCOc1ccc(C(=O)NC(=S)N2CCCCC2)cc1Br. The molecule has 7 heteroatoms. The predicted octanol–water partition coefficient (Wildman–Crippen LogP) is 2.97. The summed E-state index contributed by atoms with van der Waals surface area (Å²) < 4.78 is 11.2. The fourth-order valence-electron chi connectivity index (χ4n) is 2.34. The van der Waals surface area contributed by atoms with Gasteiger partial charge in [0.2, 0.25) is 0 Å². The molecule has 1 aromatic rings. The maximum absolute atomic E-state index is 12.3. The zero-order chi connectivity index (χ0) is 16.7. The van der Waals surface area contributed by atoms with Gasteiger partial charge in [-0.15, -0.1) is 0 Å². The molecule has 1 aromatic carbocycles. The Morgan fingerprint density at radius 3 is 2.70 bits per heavy atom. The van der Waals surface area contributed by atoms with Crippen LogP contribution in [0, 0.1) is 0 Å². The maximum atomic E-state index is 12.3. The van der Waals surface area contributed by atoms with Crippen LogP contribution in [-0.4, -0.2) is 49.3 Å². The van der Waals surface area contributed by atoms with Crippen LogP contribution in [0.5, 0.6) is 5.75 Å². The van der Waals surface area contributed by atoms with E-state index in [9.17, 15) is 4.79 Å². The van der Waals surface area contributed by atoms with Gasteiger partial charge in [0.25, 0.3) is 5.91 Å². The van der Waals surface area contributed by atoms with E-state index in [1.807, 2.05) is 4.90 Å². The van der Waals surface area contributed by atoms with E-state index in [2.05, 4.69) is 21.2 Å². The number of methoxy groups -OCH3 is 1. The molecule has 1 aliphatic rings. The Balaban J connectivity index is 1.93. The minimum atomic E-state index is -0.204. The second kappa shape index (κ2) is 9.20. The second-order valence-electron chi connectivity index (χ2n) is 5.29. The monoisotopic (exact) mass is 400 g/mol. The number of carbonyl (C=O) groups is 1. The molecule has 0 atom stereocenters. The molecule has 1 amide bonds. The molecule has 126 valence electrons. The number of halogens is 1. The van der Waals surface area contributed by atoms with E-state index in [0.717, 1.165) is 30.4 Å². The fraction of sp³-hybridized carbons (Fsp3) is 0.500. The number of carbonyl (C=O) groups excluding carboxylic acids is 1. The largest absolute Gasteiger partial charge is 0.490 e. The van der Waals surface area contributed by atoms with Gasteiger partial charge in [-0.05, 0) is 65.6 Å². The average Bonchev–Trinajstić information content (AvgIpc) is 2.57. The third-order valence-corrected chi connectivity index (χ3v) is 4.58. The average molecular weight is 401 g/mol. The summed E-state index contributed by atoms with van der Waals surface area (Å²) in [6.07, 6.45) is 3.47. The summed E-state index contributed by atoms with van der Waals surface area (Å²) in [5.41, 5.74) is 0.537. The number of nitrogens with one attached hydrogen (secondary N) is 1. The zero-order valence-corrected chi connectivity index (χ0v) is 15.5. The van der Waals surface area contributed by atoms with E-state index >= 15 is 0 Å². The summed E-state index contributed by atoms with van der Waals surface area (Å²) in [6.45, 7) is 2.79. The van der Waals surface area contributed by atoms with E-state index in [1.54, 1.807) is 25.3 Å². The highest BCUT2D eigenvalue weighted by molar-refractivity contribution is 9.10. The first-order chi connectivity index (χ1) is 11.1. The quantitative estimate of drug-likeness (QED) is 0.608. The van der Waals surface area contributed by atoms with Gasteiger partial charge >= 0.3 is 0 Å². The lowest BCUT2D eigenvalue weighted by molar-refractivity contribution is 0.0972. The Kier molecular flexibility index (Phi) is 7.26. The van der Waals surface area contributed by atoms with Crippen LogP contribution in [-0.2, 0) is 4.74 Å². The molecule has 1 fully saturated rings. The Morgan fingerprint density at radius 2 is 2.04 bits per heavy atom. The Bertz CT molecular complexity index is 562. The highest BCUT2D eigenvalue weighted by Gasteiger charge is 2.17. The Hall–Kier alpha value is -1.18. The molecule has 1 heterocycles. The van der Waals surface area contributed by atoms with Gasteiger partial charge in [-0.1, -0.05) is 0 Å². The molecule has 5 nitrogen and oxygen atoms in total. The number of thiocarbonyl (C=S) groups is 1. The molecule has 2 rings (SSSR count). The number of nitrogens with zero attached hydrogens (tertiary/aromatic N) is 1. The van der Waals surface area contributed by atoms with Crippen LogP contribution in [0.2, 0.25) is 0 Å². The first kappa shape index (κ1) is 18.2. The number of rotatable bonds is 5. The normalized spacial score (nSPS) is 14.4. The number of likely N-dealkylation sites (tertiary alicyclic amines) is 1. The van der Waals surface area contributed by atoms with Gasteiger partial charge in [-0.2, -0.15) is 0 Å².